The van der Waals surface area contributed by atoms with Gasteiger partial charge in [0.2, 0.25) is 0 Å². The predicted molar refractivity (Wildman–Crippen MR) is 69.7 cm³/mol. The van der Waals surface area contributed by atoms with Gasteiger partial charge in [0.15, 0.2) is 0 Å². The number of hydrogen-bond donors (Lipinski definition) is 1. The smallest absolute Gasteiger partial charge is 0.0910 e. The summed E-state index contributed by atoms with van der Waals surface area (Å²) < 4.78 is 2.08. The average Bonchev–Trinajstić information content (AvgIpc) is 2.62. The predicted octanol–water partition coefficient (Wildman–Crippen LogP) is 2.86. The first-order valence-electron chi connectivity index (χ1n) is 5.77. The van der Waals surface area contributed by atoms with E-state index in [2.05, 4.69) is 32.8 Å². The first-order valence-corrected chi connectivity index (χ1v) is 6.75. The van der Waals surface area contributed by atoms with E-state index in [4.69, 9.17) is 0 Å². The molecule has 92 valence electrons. The van der Waals surface area contributed by atoms with Crippen LogP contribution in [0.4, 0.5) is 0 Å². The highest BCUT2D eigenvalue weighted by Gasteiger charge is 2.16. The van der Waals surface area contributed by atoms with Crippen molar-refractivity contribution in [3.05, 3.63) is 18.0 Å². The summed E-state index contributed by atoms with van der Waals surface area (Å²) in [5.41, 5.74) is 0.921. The molecule has 0 spiro atoms. The Hall–Kier alpha value is -0.480. The fourth-order valence-electron chi connectivity index (χ4n) is 1.33. The van der Waals surface area contributed by atoms with E-state index in [0.717, 1.165) is 24.3 Å². The van der Waals surface area contributed by atoms with Crippen molar-refractivity contribution >= 4 is 11.8 Å². The molecular formula is C12H22N2OS. The maximum absolute atomic E-state index is 9.99. The lowest BCUT2D eigenvalue weighted by molar-refractivity contribution is 0.203. The van der Waals surface area contributed by atoms with Crippen LogP contribution in [0, 0.1) is 0 Å². The Kier molecular flexibility index (Phi) is 4.87. The van der Waals surface area contributed by atoms with Crippen LogP contribution in [0.25, 0.3) is 0 Å². The minimum Gasteiger partial charge on any atom is -0.387 e. The molecule has 1 aromatic rings. The molecule has 0 amide bonds. The SMILES string of the molecule is CCCn1cc(C(O)CSC(C)(C)C)cn1. The van der Waals surface area contributed by atoms with Gasteiger partial charge in [-0.2, -0.15) is 16.9 Å². The summed E-state index contributed by atoms with van der Waals surface area (Å²) >= 11 is 1.77. The topological polar surface area (TPSA) is 38.0 Å². The molecule has 16 heavy (non-hydrogen) atoms. The van der Waals surface area contributed by atoms with Crippen LogP contribution in [0.1, 0.15) is 45.8 Å². The number of nitrogens with zero attached hydrogens (tertiary/aromatic N) is 2. The van der Waals surface area contributed by atoms with Gasteiger partial charge in [-0.3, -0.25) is 4.68 Å². The molecule has 0 saturated heterocycles. The minimum absolute atomic E-state index is 0.195. The summed E-state index contributed by atoms with van der Waals surface area (Å²) in [5.74, 6) is 0.724. The molecule has 1 unspecified atom stereocenters. The molecule has 1 aromatic heterocycles. The Bertz CT molecular complexity index is 317. The molecule has 0 aliphatic heterocycles. The Morgan fingerprint density at radius 1 is 1.50 bits per heavy atom. The zero-order chi connectivity index (χ0) is 12.2. The van der Waals surface area contributed by atoms with Crippen LogP contribution in [-0.4, -0.2) is 25.4 Å². The summed E-state index contributed by atoms with van der Waals surface area (Å²) in [5, 5.41) is 14.2. The first-order chi connectivity index (χ1) is 7.42. The van der Waals surface area contributed by atoms with E-state index in [0.29, 0.717) is 0 Å². The molecule has 3 nitrogen and oxygen atoms in total. The van der Waals surface area contributed by atoms with Gasteiger partial charge in [0, 0.05) is 28.8 Å². The van der Waals surface area contributed by atoms with Crippen molar-refractivity contribution in [3.8, 4) is 0 Å². The summed E-state index contributed by atoms with van der Waals surface area (Å²) in [7, 11) is 0. The fourth-order valence-corrected chi connectivity index (χ4v) is 2.18. The number of aryl methyl sites for hydroxylation is 1. The number of hydrogen-bond acceptors (Lipinski definition) is 3. The molecular weight excluding hydrogens is 220 g/mol. The molecule has 0 aliphatic rings. The second-order valence-electron chi connectivity index (χ2n) is 4.98. The largest absolute Gasteiger partial charge is 0.387 e. The molecule has 0 bridgehead atoms. The van der Waals surface area contributed by atoms with E-state index in [-0.39, 0.29) is 4.75 Å². The van der Waals surface area contributed by atoms with Crippen LogP contribution >= 0.6 is 11.8 Å². The third-order valence-corrected chi connectivity index (χ3v) is 3.51. The molecule has 1 heterocycles. The summed E-state index contributed by atoms with van der Waals surface area (Å²) in [6.45, 7) is 9.51. The van der Waals surface area contributed by atoms with Crippen molar-refractivity contribution in [2.45, 2.75) is 51.5 Å². The highest BCUT2D eigenvalue weighted by Crippen LogP contribution is 2.28. The van der Waals surface area contributed by atoms with Gasteiger partial charge in [-0.25, -0.2) is 0 Å². The van der Waals surface area contributed by atoms with E-state index in [9.17, 15) is 5.11 Å². The summed E-state index contributed by atoms with van der Waals surface area (Å²) in [4.78, 5) is 0. The van der Waals surface area contributed by atoms with Gasteiger partial charge in [0.05, 0.1) is 12.3 Å². The van der Waals surface area contributed by atoms with Crippen molar-refractivity contribution in [1.29, 1.82) is 0 Å². The molecule has 1 rings (SSSR count). The second kappa shape index (κ2) is 5.73. The lowest BCUT2D eigenvalue weighted by Gasteiger charge is -2.19. The van der Waals surface area contributed by atoms with Gasteiger partial charge in [-0.15, -0.1) is 0 Å². The van der Waals surface area contributed by atoms with Crippen LogP contribution in [0.3, 0.4) is 0 Å². The number of rotatable bonds is 5. The van der Waals surface area contributed by atoms with E-state index < -0.39 is 6.10 Å². The maximum Gasteiger partial charge on any atom is 0.0910 e. The van der Waals surface area contributed by atoms with E-state index in [1.165, 1.54) is 0 Å². The van der Waals surface area contributed by atoms with E-state index in [1.54, 1.807) is 18.0 Å². The molecule has 0 aliphatic carbocycles. The van der Waals surface area contributed by atoms with Gasteiger partial charge >= 0.3 is 0 Å². The Morgan fingerprint density at radius 2 is 2.19 bits per heavy atom. The normalized spacial score (nSPS) is 14.1. The Balaban J connectivity index is 2.49. The van der Waals surface area contributed by atoms with Gasteiger partial charge in [0.25, 0.3) is 0 Å². The molecule has 0 saturated carbocycles. The number of aliphatic hydroxyl groups is 1. The van der Waals surface area contributed by atoms with Crippen LogP contribution in [0.5, 0.6) is 0 Å². The third kappa shape index (κ3) is 4.58. The lowest BCUT2D eigenvalue weighted by Crippen LogP contribution is -2.11. The standard InChI is InChI=1S/C12H22N2OS/c1-5-6-14-8-10(7-13-14)11(15)9-16-12(2,3)4/h7-8,11,15H,5-6,9H2,1-4H3. The molecule has 1 atom stereocenters. The first kappa shape index (κ1) is 13.6. The highest BCUT2D eigenvalue weighted by molar-refractivity contribution is 8.00. The molecule has 0 aromatic carbocycles. The highest BCUT2D eigenvalue weighted by atomic mass is 32.2. The molecule has 0 radical (unpaired) electrons. The lowest BCUT2D eigenvalue weighted by atomic mass is 10.2. The van der Waals surface area contributed by atoms with Crippen LogP contribution in [0.15, 0.2) is 12.4 Å². The van der Waals surface area contributed by atoms with Crippen LogP contribution in [-0.2, 0) is 6.54 Å². The Morgan fingerprint density at radius 3 is 2.75 bits per heavy atom. The van der Waals surface area contributed by atoms with Crippen molar-refractivity contribution < 1.29 is 5.11 Å². The number of thioether (sulfide) groups is 1. The van der Waals surface area contributed by atoms with Gasteiger partial charge in [0.1, 0.15) is 0 Å². The number of aromatic nitrogens is 2. The fraction of sp³-hybridized carbons (Fsp3) is 0.750. The monoisotopic (exact) mass is 242 g/mol. The summed E-state index contributed by atoms with van der Waals surface area (Å²) in [6, 6.07) is 0. The van der Waals surface area contributed by atoms with Crippen molar-refractivity contribution in [2.75, 3.05) is 5.75 Å². The van der Waals surface area contributed by atoms with Crippen molar-refractivity contribution in [3.63, 3.8) is 0 Å². The molecule has 0 fully saturated rings. The zero-order valence-corrected chi connectivity index (χ0v) is 11.4. The van der Waals surface area contributed by atoms with Crippen LogP contribution < -0.4 is 0 Å². The second-order valence-corrected chi connectivity index (χ2v) is 6.82. The number of aliphatic hydroxyl groups excluding tert-OH is 1. The van der Waals surface area contributed by atoms with Crippen LogP contribution in [0.2, 0.25) is 0 Å². The Labute approximate surface area is 102 Å². The van der Waals surface area contributed by atoms with Gasteiger partial charge in [-0.1, -0.05) is 27.7 Å². The van der Waals surface area contributed by atoms with Gasteiger partial charge in [-0.05, 0) is 6.42 Å². The maximum atomic E-state index is 9.99. The molecule has 1 N–H and O–H groups in total. The van der Waals surface area contributed by atoms with Gasteiger partial charge < -0.3 is 5.11 Å². The molecule has 4 heteroatoms. The minimum atomic E-state index is -0.408. The summed E-state index contributed by atoms with van der Waals surface area (Å²) in [6.07, 6.45) is 4.37. The average molecular weight is 242 g/mol. The third-order valence-electron chi connectivity index (χ3n) is 2.16. The van der Waals surface area contributed by atoms with E-state index in [1.807, 2.05) is 10.9 Å². The van der Waals surface area contributed by atoms with Crippen molar-refractivity contribution in [1.82, 2.24) is 9.78 Å². The quantitative estimate of drug-likeness (QED) is 0.863. The zero-order valence-electron chi connectivity index (χ0n) is 10.6. The van der Waals surface area contributed by atoms with E-state index >= 15 is 0 Å². The van der Waals surface area contributed by atoms with Crippen molar-refractivity contribution in [2.24, 2.45) is 0 Å².